The molecule has 1 aliphatic rings. The molecule has 1 amide bonds. The monoisotopic (exact) mass is 527 g/mol. The number of hydrogen-bond donors (Lipinski definition) is 3. The Labute approximate surface area is 225 Å². The lowest BCUT2D eigenvalue weighted by molar-refractivity contribution is -0.136. The van der Waals surface area contributed by atoms with Gasteiger partial charge in [-0.3, -0.25) is 19.4 Å². The van der Waals surface area contributed by atoms with Gasteiger partial charge in [-0.2, -0.15) is 0 Å². The first kappa shape index (κ1) is 27.3. The fourth-order valence-electron chi connectivity index (χ4n) is 4.58. The molecule has 0 saturated heterocycles. The van der Waals surface area contributed by atoms with Crippen LogP contribution in [0.15, 0.2) is 71.7 Å². The average molecular weight is 528 g/mol. The summed E-state index contributed by atoms with van der Waals surface area (Å²) >= 11 is 0. The van der Waals surface area contributed by atoms with E-state index in [2.05, 4.69) is 5.32 Å². The summed E-state index contributed by atoms with van der Waals surface area (Å²) in [6.07, 6.45) is 0.144. The summed E-state index contributed by atoms with van der Waals surface area (Å²) < 4.78 is 0. The van der Waals surface area contributed by atoms with E-state index in [9.17, 15) is 19.2 Å². The molecular formula is C30H29N3O6. The standard InChI is InChI=1S/C30H29N3O6/c1-3-33(15-14-27(34)35)21-12-13-25(18(2)16-21)32-26-17-24(28(36)23-7-5-4-6-22(23)26)29(37)31-20-10-8-19(9-11-20)30(38)39/h4-13,16,24H,3,14-15,17H2,1-2H3,(H,31,37)(H,34,35)(H,38,39). The summed E-state index contributed by atoms with van der Waals surface area (Å²) in [5.41, 5.74) is 4.66. The smallest absolute Gasteiger partial charge is 0.335 e. The topological polar surface area (TPSA) is 136 Å². The second-order valence-corrected chi connectivity index (χ2v) is 9.29. The summed E-state index contributed by atoms with van der Waals surface area (Å²) in [5.74, 6) is -3.71. The molecule has 0 saturated carbocycles. The van der Waals surface area contributed by atoms with Crippen molar-refractivity contribution < 1.29 is 29.4 Å². The first-order chi connectivity index (χ1) is 18.7. The number of aliphatic carboxylic acids is 1. The van der Waals surface area contributed by atoms with Crippen LogP contribution in [-0.2, 0) is 9.59 Å². The van der Waals surface area contributed by atoms with Crippen LogP contribution in [0.2, 0.25) is 0 Å². The Bertz CT molecular complexity index is 1460. The number of aryl methyl sites for hydroxylation is 1. The molecule has 1 aliphatic carbocycles. The van der Waals surface area contributed by atoms with Crippen molar-refractivity contribution in [1.82, 2.24) is 0 Å². The fraction of sp³-hybridized carbons (Fsp3) is 0.233. The SMILES string of the molecule is CCN(CCC(=O)O)c1ccc(N=C2CC(C(=O)Nc3ccc(C(=O)O)cc3)C(=O)c3ccccc32)c(C)c1. The number of carbonyl (C=O) groups is 4. The first-order valence-electron chi connectivity index (χ1n) is 12.6. The molecule has 9 nitrogen and oxygen atoms in total. The Hall–Kier alpha value is -4.79. The summed E-state index contributed by atoms with van der Waals surface area (Å²) in [6, 6.07) is 18.5. The van der Waals surface area contributed by atoms with Crippen LogP contribution < -0.4 is 10.2 Å². The molecule has 3 aromatic rings. The van der Waals surface area contributed by atoms with Crippen LogP contribution in [0.5, 0.6) is 0 Å². The molecule has 0 spiro atoms. The van der Waals surface area contributed by atoms with Crippen LogP contribution in [0, 0.1) is 12.8 Å². The zero-order chi connectivity index (χ0) is 28.1. The number of rotatable bonds is 9. The highest BCUT2D eigenvalue weighted by atomic mass is 16.4. The number of Topliss-reactive ketones (excluding diaryl/α,β-unsaturated/α-hetero) is 1. The van der Waals surface area contributed by atoms with Gasteiger partial charge in [-0.1, -0.05) is 24.3 Å². The molecule has 200 valence electrons. The van der Waals surface area contributed by atoms with Crippen molar-refractivity contribution in [2.45, 2.75) is 26.7 Å². The molecule has 4 rings (SSSR count). The number of aliphatic imine (C=N–C) groups is 1. The Morgan fingerprint density at radius 2 is 1.69 bits per heavy atom. The number of nitrogens with zero attached hydrogens (tertiary/aromatic N) is 2. The van der Waals surface area contributed by atoms with Gasteiger partial charge in [0.25, 0.3) is 0 Å². The van der Waals surface area contributed by atoms with E-state index in [0.717, 1.165) is 11.3 Å². The van der Waals surface area contributed by atoms with Gasteiger partial charge in [0.05, 0.1) is 23.4 Å². The lowest BCUT2D eigenvalue weighted by Crippen LogP contribution is -2.36. The van der Waals surface area contributed by atoms with Crippen molar-refractivity contribution in [3.63, 3.8) is 0 Å². The molecule has 0 bridgehead atoms. The Morgan fingerprint density at radius 3 is 2.31 bits per heavy atom. The minimum atomic E-state index is -1.07. The van der Waals surface area contributed by atoms with Crippen molar-refractivity contribution in [2.75, 3.05) is 23.3 Å². The quantitative estimate of drug-likeness (QED) is 0.335. The predicted molar refractivity (Wildman–Crippen MR) is 148 cm³/mol. The fourth-order valence-corrected chi connectivity index (χ4v) is 4.58. The van der Waals surface area contributed by atoms with E-state index in [4.69, 9.17) is 15.2 Å². The highest BCUT2D eigenvalue weighted by Crippen LogP contribution is 2.31. The van der Waals surface area contributed by atoms with Crippen molar-refractivity contribution >= 4 is 46.4 Å². The van der Waals surface area contributed by atoms with Crippen molar-refractivity contribution in [1.29, 1.82) is 0 Å². The van der Waals surface area contributed by atoms with Crippen LogP contribution in [0.1, 0.15) is 51.6 Å². The molecule has 0 radical (unpaired) electrons. The third-order valence-electron chi connectivity index (χ3n) is 6.71. The van der Waals surface area contributed by atoms with Crippen LogP contribution in [0.4, 0.5) is 17.1 Å². The van der Waals surface area contributed by atoms with Crippen LogP contribution in [0.25, 0.3) is 0 Å². The van der Waals surface area contributed by atoms with E-state index in [-0.39, 0.29) is 24.2 Å². The molecule has 3 N–H and O–H groups in total. The summed E-state index contributed by atoms with van der Waals surface area (Å²) in [5, 5.41) is 20.9. The maximum Gasteiger partial charge on any atom is 0.335 e. The molecule has 39 heavy (non-hydrogen) atoms. The highest BCUT2D eigenvalue weighted by molar-refractivity contribution is 6.24. The van der Waals surface area contributed by atoms with Gasteiger partial charge in [-0.15, -0.1) is 0 Å². The summed E-state index contributed by atoms with van der Waals surface area (Å²) in [4.78, 5) is 55.4. The van der Waals surface area contributed by atoms with Gasteiger partial charge in [0, 0.05) is 42.0 Å². The van der Waals surface area contributed by atoms with Gasteiger partial charge in [-0.05, 0) is 61.9 Å². The average Bonchev–Trinajstić information content (AvgIpc) is 2.92. The minimum absolute atomic E-state index is 0.0366. The second kappa shape index (κ2) is 11.7. The lowest BCUT2D eigenvalue weighted by Gasteiger charge is -2.25. The molecule has 3 aromatic carbocycles. The summed E-state index contributed by atoms with van der Waals surface area (Å²) in [7, 11) is 0. The largest absolute Gasteiger partial charge is 0.481 e. The number of carbonyl (C=O) groups excluding carboxylic acids is 2. The van der Waals surface area contributed by atoms with Gasteiger partial charge in [-0.25, -0.2) is 4.79 Å². The highest BCUT2D eigenvalue weighted by Gasteiger charge is 2.36. The van der Waals surface area contributed by atoms with Crippen LogP contribution in [-0.4, -0.2) is 52.6 Å². The van der Waals surface area contributed by atoms with Gasteiger partial charge < -0.3 is 20.4 Å². The number of ketones is 1. The number of carboxylic acids is 2. The van der Waals surface area contributed by atoms with E-state index >= 15 is 0 Å². The number of nitrogens with one attached hydrogen (secondary N) is 1. The molecule has 1 atom stereocenters. The van der Waals surface area contributed by atoms with Crippen molar-refractivity contribution in [3.05, 3.63) is 89.0 Å². The molecule has 0 heterocycles. The van der Waals surface area contributed by atoms with Gasteiger partial charge in [0.1, 0.15) is 5.92 Å². The van der Waals surface area contributed by atoms with Crippen LogP contribution in [0.3, 0.4) is 0 Å². The molecule has 9 heteroatoms. The van der Waals surface area contributed by atoms with E-state index in [1.807, 2.05) is 49.1 Å². The number of fused-ring (bicyclic) bond motifs is 1. The van der Waals surface area contributed by atoms with E-state index in [1.165, 1.54) is 24.3 Å². The predicted octanol–water partition coefficient (Wildman–Crippen LogP) is 4.96. The van der Waals surface area contributed by atoms with Gasteiger partial charge >= 0.3 is 11.9 Å². The van der Waals surface area contributed by atoms with Gasteiger partial charge in [0.15, 0.2) is 5.78 Å². The Balaban J connectivity index is 1.62. The van der Waals surface area contributed by atoms with Crippen molar-refractivity contribution in [2.24, 2.45) is 10.9 Å². The molecule has 0 fully saturated rings. The molecule has 0 aliphatic heterocycles. The Kier molecular flexibility index (Phi) is 8.19. The van der Waals surface area contributed by atoms with Crippen molar-refractivity contribution in [3.8, 4) is 0 Å². The number of amides is 1. The zero-order valence-corrected chi connectivity index (χ0v) is 21.7. The zero-order valence-electron chi connectivity index (χ0n) is 21.7. The van der Waals surface area contributed by atoms with E-state index < -0.39 is 23.8 Å². The molecule has 1 unspecified atom stereocenters. The van der Waals surface area contributed by atoms with E-state index in [0.29, 0.717) is 41.3 Å². The van der Waals surface area contributed by atoms with E-state index in [1.54, 1.807) is 12.1 Å². The second-order valence-electron chi connectivity index (χ2n) is 9.29. The minimum Gasteiger partial charge on any atom is -0.481 e. The number of aromatic carboxylic acids is 1. The summed E-state index contributed by atoms with van der Waals surface area (Å²) in [6.45, 7) is 4.93. The number of benzene rings is 3. The van der Waals surface area contributed by atoms with Crippen LogP contribution >= 0.6 is 0 Å². The number of anilines is 2. The molecular weight excluding hydrogens is 498 g/mol. The first-order valence-corrected chi connectivity index (χ1v) is 12.6. The third kappa shape index (κ3) is 6.20. The third-order valence-corrected chi connectivity index (χ3v) is 6.71. The van der Waals surface area contributed by atoms with Gasteiger partial charge in [0.2, 0.25) is 5.91 Å². The number of carboxylic acid groups (broad SMARTS) is 2. The maximum atomic E-state index is 13.3. The maximum absolute atomic E-state index is 13.3. The normalized spacial score (nSPS) is 15.5. The molecule has 0 aromatic heterocycles. The lowest BCUT2D eigenvalue weighted by atomic mass is 9.80. The Morgan fingerprint density at radius 1 is 1.00 bits per heavy atom. The number of hydrogen-bond acceptors (Lipinski definition) is 6.